The van der Waals surface area contributed by atoms with Crippen molar-refractivity contribution in [3.8, 4) is 0 Å². The van der Waals surface area contributed by atoms with Crippen LogP contribution in [0.15, 0.2) is 6.20 Å². The Hall–Kier alpha value is -0.940. The highest BCUT2D eigenvalue weighted by molar-refractivity contribution is 7.15. The minimum absolute atomic E-state index is 0.119. The van der Waals surface area contributed by atoms with Crippen LogP contribution in [0.2, 0.25) is 0 Å². The third kappa shape index (κ3) is 2.62. The number of hydrogen-bond donors (Lipinski definition) is 2. The fourth-order valence-corrected chi connectivity index (χ4v) is 5.45. The summed E-state index contributed by atoms with van der Waals surface area (Å²) in [6.45, 7) is 0. The lowest BCUT2D eigenvalue weighted by Crippen LogP contribution is -2.49. The average molecular weight is 334 g/mol. The summed E-state index contributed by atoms with van der Waals surface area (Å²) in [5.74, 6) is 0.753. The molecule has 23 heavy (non-hydrogen) atoms. The van der Waals surface area contributed by atoms with Gasteiger partial charge in [0.05, 0.1) is 10.3 Å². The van der Waals surface area contributed by atoms with E-state index < -0.39 is 5.60 Å². The molecule has 3 saturated carbocycles. The second-order valence-corrected chi connectivity index (χ2v) is 8.74. The van der Waals surface area contributed by atoms with Crippen LogP contribution in [0.5, 0.6) is 0 Å². The number of nitrogens with one attached hydrogen (secondary N) is 1. The number of carbonyl (C=O) groups excluding carboxylic acids is 1. The molecule has 1 aromatic heterocycles. The van der Waals surface area contributed by atoms with Crippen molar-refractivity contribution in [2.24, 2.45) is 11.3 Å². The summed E-state index contributed by atoms with van der Waals surface area (Å²) in [6, 6.07) is 0. The van der Waals surface area contributed by atoms with Gasteiger partial charge in [0.15, 0.2) is 5.13 Å². The minimum atomic E-state index is -0.721. The van der Waals surface area contributed by atoms with Gasteiger partial charge in [-0.05, 0) is 44.4 Å². The van der Waals surface area contributed by atoms with E-state index in [-0.39, 0.29) is 11.3 Å². The molecule has 2 N–H and O–H groups in total. The van der Waals surface area contributed by atoms with E-state index in [0.717, 1.165) is 43.4 Å². The van der Waals surface area contributed by atoms with E-state index in [4.69, 9.17) is 0 Å². The molecule has 5 heteroatoms. The summed E-state index contributed by atoms with van der Waals surface area (Å²) in [6.07, 6.45) is 13.7. The minimum Gasteiger partial charge on any atom is -0.384 e. The van der Waals surface area contributed by atoms with Crippen LogP contribution in [0, 0.1) is 11.3 Å². The molecule has 0 aliphatic heterocycles. The molecule has 1 amide bonds. The second-order valence-electron chi connectivity index (χ2n) is 7.71. The van der Waals surface area contributed by atoms with Gasteiger partial charge < -0.3 is 10.4 Å². The molecule has 3 aliphatic carbocycles. The molecular formula is C18H26N2O2S. The summed E-state index contributed by atoms with van der Waals surface area (Å²) in [7, 11) is 0. The van der Waals surface area contributed by atoms with Gasteiger partial charge in [0, 0.05) is 6.20 Å². The predicted molar refractivity (Wildman–Crippen MR) is 91.4 cm³/mol. The van der Waals surface area contributed by atoms with Crippen LogP contribution >= 0.6 is 11.3 Å². The van der Waals surface area contributed by atoms with Gasteiger partial charge in [-0.1, -0.05) is 43.4 Å². The van der Waals surface area contributed by atoms with Crippen LogP contribution in [-0.2, 0) is 10.4 Å². The first-order chi connectivity index (χ1) is 11.1. The van der Waals surface area contributed by atoms with Gasteiger partial charge in [-0.15, -0.1) is 0 Å². The summed E-state index contributed by atoms with van der Waals surface area (Å²) >= 11 is 1.46. The molecule has 0 bridgehead atoms. The maximum atomic E-state index is 12.8. The van der Waals surface area contributed by atoms with Crippen molar-refractivity contribution in [2.75, 3.05) is 5.32 Å². The molecule has 4 nitrogen and oxygen atoms in total. The predicted octanol–water partition coefficient (Wildman–Crippen LogP) is 4.20. The lowest BCUT2D eigenvalue weighted by Gasteiger charge is -2.49. The first kappa shape index (κ1) is 15.6. The summed E-state index contributed by atoms with van der Waals surface area (Å²) < 4.78 is 0. The molecule has 0 unspecified atom stereocenters. The lowest BCUT2D eigenvalue weighted by atomic mass is 9.55. The van der Waals surface area contributed by atoms with Crippen LogP contribution in [0.3, 0.4) is 0 Å². The Bertz CT molecular complexity index is 584. The van der Waals surface area contributed by atoms with Gasteiger partial charge in [-0.2, -0.15) is 0 Å². The SMILES string of the molecule is O=C(Nc1ncc(C2(O)CCCCC2)s1)C1(C2CCC2)CCC1. The van der Waals surface area contributed by atoms with Gasteiger partial charge in [-0.25, -0.2) is 4.98 Å². The summed E-state index contributed by atoms with van der Waals surface area (Å²) in [4.78, 5) is 18.1. The van der Waals surface area contributed by atoms with Crippen molar-refractivity contribution in [1.29, 1.82) is 0 Å². The fraction of sp³-hybridized carbons (Fsp3) is 0.778. The van der Waals surface area contributed by atoms with Gasteiger partial charge >= 0.3 is 0 Å². The van der Waals surface area contributed by atoms with Crippen molar-refractivity contribution in [1.82, 2.24) is 4.98 Å². The van der Waals surface area contributed by atoms with E-state index in [1.807, 2.05) is 0 Å². The van der Waals surface area contributed by atoms with E-state index in [9.17, 15) is 9.90 Å². The zero-order valence-corrected chi connectivity index (χ0v) is 14.5. The van der Waals surface area contributed by atoms with E-state index in [1.165, 1.54) is 43.4 Å². The zero-order chi connectivity index (χ0) is 15.9. The maximum Gasteiger partial charge on any atom is 0.232 e. The Labute approximate surface area is 141 Å². The van der Waals surface area contributed by atoms with E-state index in [2.05, 4.69) is 10.3 Å². The number of amides is 1. The van der Waals surface area contributed by atoms with Gasteiger partial charge in [0.25, 0.3) is 0 Å². The van der Waals surface area contributed by atoms with Crippen LogP contribution in [-0.4, -0.2) is 16.0 Å². The third-order valence-corrected chi connectivity index (χ3v) is 7.56. The monoisotopic (exact) mass is 334 g/mol. The largest absolute Gasteiger partial charge is 0.384 e. The molecule has 1 aromatic rings. The van der Waals surface area contributed by atoms with Crippen LogP contribution < -0.4 is 5.32 Å². The summed E-state index contributed by atoms with van der Waals surface area (Å²) in [5, 5.41) is 14.5. The topological polar surface area (TPSA) is 62.2 Å². The molecular weight excluding hydrogens is 308 g/mol. The zero-order valence-electron chi connectivity index (χ0n) is 13.6. The number of rotatable bonds is 4. The molecule has 0 radical (unpaired) electrons. The van der Waals surface area contributed by atoms with Gasteiger partial charge in [-0.3, -0.25) is 4.79 Å². The summed E-state index contributed by atoms with van der Waals surface area (Å²) in [5.41, 5.74) is -0.840. The Morgan fingerprint density at radius 1 is 1.13 bits per heavy atom. The molecule has 0 saturated heterocycles. The molecule has 1 heterocycles. The van der Waals surface area contributed by atoms with Crippen LogP contribution in [0.1, 0.15) is 75.5 Å². The van der Waals surface area contributed by atoms with Crippen molar-refractivity contribution >= 4 is 22.4 Å². The quantitative estimate of drug-likeness (QED) is 0.867. The van der Waals surface area contributed by atoms with E-state index in [0.29, 0.717) is 11.0 Å². The normalized spacial score (nSPS) is 26.1. The third-order valence-electron chi connectivity index (χ3n) is 6.45. The molecule has 3 fully saturated rings. The number of thiazole rings is 1. The molecule has 0 spiro atoms. The number of aliphatic hydroxyl groups is 1. The second kappa shape index (κ2) is 5.85. The Balaban J connectivity index is 1.46. The lowest BCUT2D eigenvalue weighted by molar-refractivity contribution is -0.138. The average Bonchev–Trinajstić information content (AvgIpc) is 2.90. The van der Waals surface area contributed by atoms with Crippen molar-refractivity contribution in [3.05, 3.63) is 11.1 Å². The van der Waals surface area contributed by atoms with Crippen molar-refractivity contribution in [3.63, 3.8) is 0 Å². The standard InChI is InChI=1S/C18H26N2O2S/c21-15(17(8-5-9-17)13-6-4-7-13)20-16-19-12-14(23-16)18(22)10-2-1-3-11-18/h12-13,22H,1-11H2,(H,19,20,21). The number of anilines is 1. The van der Waals surface area contributed by atoms with E-state index in [1.54, 1.807) is 6.20 Å². The van der Waals surface area contributed by atoms with E-state index >= 15 is 0 Å². The van der Waals surface area contributed by atoms with Crippen LogP contribution in [0.25, 0.3) is 0 Å². The van der Waals surface area contributed by atoms with Crippen molar-refractivity contribution < 1.29 is 9.90 Å². The Morgan fingerprint density at radius 3 is 2.43 bits per heavy atom. The Morgan fingerprint density at radius 2 is 1.87 bits per heavy atom. The molecule has 4 rings (SSSR count). The maximum absolute atomic E-state index is 12.8. The highest BCUT2D eigenvalue weighted by Crippen LogP contribution is 2.55. The smallest absolute Gasteiger partial charge is 0.232 e. The van der Waals surface area contributed by atoms with Crippen LogP contribution in [0.4, 0.5) is 5.13 Å². The number of nitrogens with zero attached hydrogens (tertiary/aromatic N) is 1. The molecule has 0 atom stereocenters. The molecule has 0 aromatic carbocycles. The number of aromatic nitrogens is 1. The number of hydrogen-bond acceptors (Lipinski definition) is 4. The van der Waals surface area contributed by atoms with Crippen molar-refractivity contribution in [2.45, 2.75) is 76.2 Å². The highest BCUT2D eigenvalue weighted by Gasteiger charge is 2.51. The van der Waals surface area contributed by atoms with Gasteiger partial charge in [0.2, 0.25) is 5.91 Å². The fourth-order valence-electron chi connectivity index (χ4n) is 4.49. The molecule has 126 valence electrons. The highest BCUT2D eigenvalue weighted by atomic mass is 32.1. The Kier molecular flexibility index (Phi) is 3.96. The first-order valence-corrected chi connectivity index (χ1v) is 9.94. The molecule has 3 aliphatic rings. The van der Waals surface area contributed by atoms with Gasteiger partial charge in [0.1, 0.15) is 5.60 Å². The number of carbonyl (C=O) groups is 1. The first-order valence-electron chi connectivity index (χ1n) is 9.13.